The van der Waals surface area contributed by atoms with Crippen LogP contribution in [0.1, 0.15) is 72.9 Å². The molecule has 65 heavy (non-hydrogen) atoms. The fourth-order valence-electron chi connectivity index (χ4n) is 11.0. The molecule has 2 atom stereocenters. The molecule has 0 saturated carbocycles. The molecule has 0 bridgehead atoms. The number of carboxylic acid groups (broad SMARTS) is 1. The lowest BCUT2D eigenvalue weighted by molar-refractivity contribution is -0.436. The Bertz CT molecular complexity index is 3030. The molecule has 2 aliphatic heterocycles. The van der Waals surface area contributed by atoms with Crippen molar-refractivity contribution in [3.05, 3.63) is 201 Å². The Morgan fingerprint density at radius 1 is 0.754 bits per heavy atom. The summed E-state index contributed by atoms with van der Waals surface area (Å²) in [6.45, 7) is 10.7. The van der Waals surface area contributed by atoms with Crippen molar-refractivity contribution in [3.63, 3.8) is 0 Å². The second-order valence-corrected chi connectivity index (χ2v) is 18.7. The van der Waals surface area contributed by atoms with E-state index in [-0.39, 0.29) is 13.0 Å². The quantitative estimate of drug-likeness (QED) is 0.0670. The number of carbonyl (C=O) groups is 2. The van der Waals surface area contributed by atoms with Crippen molar-refractivity contribution in [3.8, 4) is 0 Å². The summed E-state index contributed by atoms with van der Waals surface area (Å²) in [7, 11) is 0. The number of hydrogen-bond donors (Lipinski definition) is 1. The molecule has 7 heteroatoms. The van der Waals surface area contributed by atoms with Gasteiger partial charge in [0.05, 0.1) is 12.0 Å². The van der Waals surface area contributed by atoms with E-state index in [0.29, 0.717) is 19.6 Å². The molecule has 9 rings (SSSR count). The van der Waals surface area contributed by atoms with Gasteiger partial charge in [-0.25, -0.2) is 0 Å². The van der Waals surface area contributed by atoms with Crippen molar-refractivity contribution in [2.75, 3.05) is 24.6 Å². The zero-order valence-corrected chi connectivity index (χ0v) is 38.5. The lowest BCUT2D eigenvalue weighted by Crippen LogP contribution is -2.34. The number of anilines is 1. The molecular formula is C58H56ClN2O4+. The van der Waals surface area contributed by atoms with Gasteiger partial charge in [0, 0.05) is 39.5 Å². The lowest BCUT2D eigenvalue weighted by atomic mass is 9.72. The van der Waals surface area contributed by atoms with E-state index in [2.05, 4.69) is 183 Å². The Kier molecular flexibility index (Phi) is 12.2. The smallest absolute Gasteiger partial charge is 0.309 e. The van der Waals surface area contributed by atoms with Crippen LogP contribution in [0, 0.1) is 13.8 Å². The molecule has 2 heterocycles. The third kappa shape index (κ3) is 8.14. The molecule has 0 fully saturated rings. The minimum atomic E-state index is -0.825. The highest BCUT2D eigenvalue weighted by molar-refractivity contribution is 6.32. The summed E-state index contributed by atoms with van der Waals surface area (Å²) >= 11 is 7.53. The van der Waals surface area contributed by atoms with Crippen LogP contribution >= 0.6 is 11.6 Å². The fraction of sp³-hybridized carbons (Fsp3) is 0.259. The number of fused-ring (bicyclic) bond motifs is 6. The van der Waals surface area contributed by atoms with Crippen LogP contribution in [-0.4, -0.2) is 47.5 Å². The number of nitrogens with zero attached hydrogens (tertiary/aromatic N) is 2. The van der Waals surface area contributed by atoms with E-state index in [4.69, 9.17) is 16.3 Å². The van der Waals surface area contributed by atoms with Gasteiger partial charge < -0.3 is 14.7 Å². The van der Waals surface area contributed by atoms with Gasteiger partial charge in [-0.3, -0.25) is 9.59 Å². The van der Waals surface area contributed by atoms with Gasteiger partial charge in [0.2, 0.25) is 5.69 Å². The highest BCUT2D eigenvalue weighted by atomic mass is 35.5. The number of allylic oxidation sites excluding steroid dienone is 8. The van der Waals surface area contributed by atoms with Crippen LogP contribution in [0.5, 0.6) is 0 Å². The largest absolute Gasteiger partial charge is 0.481 e. The lowest BCUT2D eigenvalue weighted by Gasteiger charge is -2.31. The summed E-state index contributed by atoms with van der Waals surface area (Å²) in [5.74, 6) is -0.825. The number of benzene rings is 6. The maximum absolute atomic E-state index is 12.2. The highest BCUT2D eigenvalue weighted by Crippen LogP contribution is 2.53. The van der Waals surface area contributed by atoms with Crippen LogP contribution in [-0.2, 0) is 38.0 Å². The predicted octanol–water partition coefficient (Wildman–Crippen LogP) is 12.9. The molecule has 328 valence electrons. The van der Waals surface area contributed by atoms with E-state index in [1.165, 1.54) is 49.5 Å². The maximum atomic E-state index is 12.2. The first-order valence-electron chi connectivity index (χ1n) is 22.8. The second kappa shape index (κ2) is 18.2. The van der Waals surface area contributed by atoms with Crippen LogP contribution in [0.25, 0.3) is 21.5 Å². The van der Waals surface area contributed by atoms with Crippen molar-refractivity contribution in [2.24, 2.45) is 0 Å². The first kappa shape index (κ1) is 43.7. The Balaban J connectivity index is 1.16. The average Bonchev–Trinajstić information content (AvgIpc) is 3.69. The van der Waals surface area contributed by atoms with Gasteiger partial charge in [0.25, 0.3) is 6.47 Å². The molecule has 0 aromatic heterocycles. The van der Waals surface area contributed by atoms with Crippen LogP contribution in [0.15, 0.2) is 168 Å². The van der Waals surface area contributed by atoms with Crippen molar-refractivity contribution in [1.82, 2.24) is 0 Å². The zero-order valence-electron chi connectivity index (χ0n) is 37.7. The van der Waals surface area contributed by atoms with Crippen LogP contribution < -0.4 is 4.90 Å². The number of ether oxygens (including phenoxy) is 1. The van der Waals surface area contributed by atoms with Gasteiger partial charge in [0.15, 0.2) is 12.3 Å². The number of carboxylic acids is 1. The van der Waals surface area contributed by atoms with Crippen molar-refractivity contribution in [1.29, 1.82) is 0 Å². The van der Waals surface area contributed by atoms with E-state index < -0.39 is 16.8 Å². The molecule has 2 unspecified atom stereocenters. The third-order valence-electron chi connectivity index (χ3n) is 14.2. The first-order chi connectivity index (χ1) is 31.5. The molecule has 0 radical (unpaired) electrons. The summed E-state index contributed by atoms with van der Waals surface area (Å²) in [5.41, 5.74) is 13.1. The average molecular weight is 881 g/mol. The summed E-state index contributed by atoms with van der Waals surface area (Å²) in [6, 6.07) is 43.1. The van der Waals surface area contributed by atoms with Crippen LogP contribution in [0.4, 0.5) is 11.4 Å². The molecule has 3 aliphatic rings. The van der Waals surface area contributed by atoms with Gasteiger partial charge >= 0.3 is 5.97 Å². The molecule has 0 amide bonds. The molecule has 0 spiro atoms. The number of aryl methyl sites for hydroxylation is 2. The van der Waals surface area contributed by atoms with Crippen molar-refractivity contribution >= 4 is 62.7 Å². The molecule has 1 aliphatic carbocycles. The Hall–Kier alpha value is -6.50. The molecule has 6 aromatic rings. The van der Waals surface area contributed by atoms with Gasteiger partial charge in [-0.2, -0.15) is 4.58 Å². The van der Waals surface area contributed by atoms with Gasteiger partial charge in [0.1, 0.15) is 13.0 Å². The second-order valence-electron chi connectivity index (χ2n) is 18.3. The fourth-order valence-corrected chi connectivity index (χ4v) is 11.3. The van der Waals surface area contributed by atoms with E-state index in [1.807, 2.05) is 0 Å². The first-order valence-corrected chi connectivity index (χ1v) is 23.2. The van der Waals surface area contributed by atoms with E-state index in [0.717, 1.165) is 76.5 Å². The zero-order chi connectivity index (χ0) is 45.3. The summed E-state index contributed by atoms with van der Waals surface area (Å²) in [4.78, 5) is 25.9. The SMILES string of the molecule is Cc1ccccc1CC1(C)C(/C=C/C2=C(Cl)C(=C/C=C3\N(CCOC=O)c4ccc5ccccc5c4C3(C)Cc3ccccc3C)/CCC2)=[N+](CCC(=O)O)c2ccc3ccccc3c21. The Labute approximate surface area is 387 Å². The molecule has 6 aromatic carbocycles. The van der Waals surface area contributed by atoms with Crippen LogP contribution in [0.2, 0.25) is 0 Å². The monoisotopic (exact) mass is 879 g/mol. The van der Waals surface area contributed by atoms with Gasteiger partial charge in [-0.15, -0.1) is 0 Å². The topological polar surface area (TPSA) is 69.8 Å². The summed E-state index contributed by atoms with van der Waals surface area (Å²) < 4.78 is 7.58. The normalized spacial score (nSPS) is 20.7. The molecule has 1 N–H and O–H groups in total. The van der Waals surface area contributed by atoms with Crippen LogP contribution in [0.3, 0.4) is 0 Å². The minimum Gasteiger partial charge on any atom is -0.481 e. The third-order valence-corrected chi connectivity index (χ3v) is 14.7. The number of halogens is 1. The number of rotatable bonds is 14. The van der Waals surface area contributed by atoms with Crippen molar-refractivity contribution in [2.45, 2.75) is 77.0 Å². The van der Waals surface area contributed by atoms with E-state index >= 15 is 0 Å². The number of aliphatic carboxylic acids is 1. The molecule has 6 nitrogen and oxygen atoms in total. The molecular weight excluding hydrogens is 824 g/mol. The maximum Gasteiger partial charge on any atom is 0.309 e. The summed E-state index contributed by atoms with van der Waals surface area (Å²) in [6.07, 6.45) is 13.0. The number of hydrogen-bond acceptors (Lipinski definition) is 4. The van der Waals surface area contributed by atoms with Crippen molar-refractivity contribution < 1.29 is 24.0 Å². The highest BCUT2D eigenvalue weighted by Gasteiger charge is 2.49. The van der Waals surface area contributed by atoms with Gasteiger partial charge in [-0.05, 0) is 139 Å². The number of carbonyl (C=O) groups excluding carboxylic acids is 1. The van der Waals surface area contributed by atoms with E-state index in [9.17, 15) is 14.7 Å². The Morgan fingerprint density at radius 2 is 1.37 bits per heavy atom. The summed E-state index contributed by atoms with van der Waals surface area (Å²) in [5, 5.41) is 15.5. The predicted molar refractivity (Wildman–Crippen MR) is 266 cm³/mol. The standard InChI is InChI=1S/C58H55ClN2O4/c1-39-14-5-7-18-45(39)36-57(3)51(60(33-32-53(63)64)49-28-24-41-16-9-11-22-47(41)54(49)57)30-26-43-20-13-21-44(56(43)59)27-31-52-58(4,37-46-19-8-6-15-40(46)2)55-48-23-12-10-17-42(48)25-29-50(55)61(52)34-35-65-38-62/h5-12,14-19,22-31,38H,13,20-21,32-37H2,1-4H3/p+1. The van der Waals surface area contributed by atoms with Gasteiger partial charge in [-0.1, -0.05) is 127 Å². The molecule has 0 saturated heterocycles. The Morgan fingerprint density at radius 3 is 2.03 bits per heavy atom. The minimum absolute atomic E-state index is 0.00969. The van der Waals surface area contributed by atoms with E-state index in [1.54, 1.807) is 0 Å².